The van der Waals surface area contributed by atoms with E-state index >= 15 is 0 Å². The van der Waals surface area contributed by atoms with Gasteiger partial charge in [0.15, 0.2) is 0 Å². The Balaban J connectivity index is 2.67. The van der Waals surface area contributed by atoms with Crippen LogP contribution in [0.4, 0.5) is 5.82 Å². The molecule has 3 nitrogen and oxygen atoms in total. The zero-order valence-electron chi connectivity index (χ0n) is 13.0. The molecule has 1 aromatic heterocycles. The van der Waals surface area contributed by atoms with Crippen molar-refractivity contribution in [2.24, 2.45) is 0 Å². The summed E-state index contributed by atoms with van der Waals surface area (Å²) in [6, 6.07) is 4.44. The van der Waals surface area contributed by atoms with Crippen LogP contribution in [0.5, 0.6) is 0 Å². The minimum atomic E-state index is 0.870. The molecule has 1 heterocycles. The molecule has 0 saturated carbocycles. The van der Waals surface area contributed by atoms with Crippen LogP contribution >= 0.6 is 0 Å². The number of aromatic nitrogens is 2. The molecule has 2 aromatic rings. The van der Waals surface area contributed by atoms with Gasteiger partial charge in [-0.3, -0.25) is 0 Å². The Morgan fingerprint density at radius 1 is 1.00 bits per heavy atom. The van der Waals surface area contributed by atoms with E-state index in [1.54, 1.807) is 6.33 Å². The third kappa shape index (κ3) is 2.67. The number of anilines is 1. The molecule has 0 aliphatic heterocycles. The molecule has 0 aliphatic carbocycles. The summed E-state index contributed by atoms with van der Waals surface area (Å²) in [6.45, 7) is 11.6. The molecule has 106 valence electrons. The van der Waals surface area contributed by atoms with Gasteiger partial charge in [-0.25, -0.2) is 9.97 Å². The highest BCUT2D eigenvalue weighted by Crippen LogP contribution is 2.31. The second-order valence-corrected chi connectivity index (χ2v) is 5.21. The Kier molecular flexibility index (Phi) is 4.38. The van der Waals surface area contributed by atoms with Gasteiger partial charge in [-0.1, -0.05) is 24.6 Å². The maximum absolute atomic E-state index is 4.56. The molecule has 0 fully saturated rings. The van der Waals surface area contributed by atoms with Crippen LogP contribution in [-0.2, 0) is 6.42 Å². The van der Waals surface area contributed by atoms with Crippen LogP contribution in [0, 0.1) is 20.8 Å². The van der Waals surface area contributed by atoms with Gasteiger partial charge in [-0.05, 0) is 45.2 Å². The fourth-order valence-electron chi connectivity index (χ4n) is 2.84. The highest BCUT2D eigenvalue weighted by Gasteiger charge is 2.15. The summed E-state index contributed by atoms with van der Waals surface area (Å²) in [7, 11) is 0. The smallest absolute Gasteiger partial charge is 0.133 e. The zero-order chi connectivity index (χ0) is 14.7. The van der Waals surface area contributed by atoms with Crippen molar-refractivity contribution in [3.63, 3.8) is 0 Å². The third-order valence-corrected chi connectivity index (χ3v) is 3.56. The summed E-state index contributed by atoms with van der Waals surface area (Å²) in [5, 5.41) is 3.34. The molecule has 20 heavy (non-hydrogen) atoms. The molecule has 1 aromatic carbocycles. The largest absolute Gasteiger partial charge is 0.370 e. The standard InChI is InChI=1S/C17H23N3/c1-6-14-16(19-10-20-17(14)18-7-2)15-12(4)8-11(3)9-13(15)5/h8-10H,6-7H2,1-5H3,(H,18,19,20). The molecule has 0 spiro atoms. The van der Waals surface area contributed by atoms with E-state index in [4.69, 9.17) is 0 Å². The second kappa shape index (κ2) is 6.04. The first-order valence-electron chi connectivity index (χ1n) is 7.24. The Morgan fingerprint density at radius 2 is 1.65 bits per heavy atom. The zero-order valence-corrected chi connectivity index (χ0v) is 13.0. The van der Waals surface area contributed by atoms with Gasteiger partial charge in [-0.2, -0.15) is 0 Å². The Bertz CT molecular complexity index is 595. The van der Waals surface area contributed by atoms with Gasteiger partial charge in [0, 0.05) is 17.7 Å². The summed E-state index contributed by atoms with van der Waals surface area (Å²) in [4.78, 5) is 8.94. The summed E-state index contributed by atoms with van der Waals surface area (Å²) >= 11 is 0. The van der Waals surface area contributed by atoms with Crippen LogP contribution < -0.4 is 5.32 Å². The average molecular weight is 269 g/mol. The molecule has 0 unspecified atom stereocenters. The van der Waals surface area contributed by atoms with Crippen molar-refractivity contribution in [2.45, 2.75) is 41.0 Å². The number of nitrogens with one attached hydrogen (secondary N) is 1. The number of hydrogen-bond donors (Lipinski definition) is 1. The van der Waals surface area contributed by atoms with Gasteiger partial charge >= 0.3 is 0 Å². The van der Waals surface area contributed by atoms with Crippen molar-refractivity contribution < 1.29 is 0 Å². The third-order valence-electron chi connectivity index (χ3n) is 3.56. The molecule has 1 N–H and O–H groups in total. The summed E-state index contributed by atoms with van der Waals surface area (Å²) in [5.74, 6) is 0.958. The average Bonchev–Trinajstić information content (AvgIpc) is 2.38. The number of hydrogen-bond acceptors (Lipinski definition) is 3. The first kappa shape index (κ1) is 14.5. The van der Waals surface area contributed by atoms with Crippen LogP contribution in [0.1, 0.15) is 36.1 Å². The molecular formula is C17H23N3. The van der Waals surface area contributed by atoms with Crippen molar-refractivity contribution >= 4 is 5.82 Å². The Hall–Kier alpha value is -1.90. The van der Waals surface area contributed by atoms with E-state index < -0.39 is 0 Å². The van der Waals surface area contributed by atoms with Crippen molar-refractivity contribution in [1.82, 2.24) is 9.97 Å². The van der Waals surface area contributed by atoms with E-state index in [-0.39, 0.29) is 0 Å². The van der Waals surface area contributed by atoms with Crippen LogP contribution in [0.3, 0.4) is 0 Å². The summed E-state index contributed by atoms with van der Waals surface area (Å²) < 4.78 is 0. The Labute approximate surface area is 121 Å². The molecule has 2 rings (SSSR count). The fraction of sp³-hybridized carbons (Fsp3) is 0.412. The van der Waals surface area contributed by atoms with Crippen molar-refractivity contribution in [2.75, 3.05) is 11.9 Å². The van der Waals surface area contributed by atoms with Crippen LogP contribution in [0.15, 0.2) is 18.5 Å². The van der Waals surface area contributed by atoms with Crippen LogP contribution in [-0.4, -0.2) is 16.5 Å². The van der Waals surface area contributed by atoms with Crippen molar-refractivity contribution in [3.05, 3.63) is 40.7 Å². The topological polar surface area (TPSA) is 37.8 Å². The quantitative estimate of drug-likeness (QED) is 0.909. The fourth-order valence-corrected chi connectivity index (χ4v) is 2.84. The highest BCUT2D eigenvalue weighted by atomic mass is 15.0. The van der Waals surface area contributed by atoms with Gasteiger partial charge in [-0.15, -0.1) is 0 Å². The van der Waals surface area contributed by atoms with Crippen molar-refractivity contribution in [1.29, 1.82) is 0 Å². The first-order chi connectivity index (χ1) is 9.58. The lowest BCUT2D eigenvalue weighted by atomic mass is 9.94. The van der Waals surface area contributed by atoms with E-state index in [0.29, 0.717) is 0 Å². The number of rotatable bonds is 4. The van der Waals surface area contributed by atoms with E-state index in [2.05, 4.69) is 62.0 Å². The van der Waals surface area contributed by atoms with Gasteiger partial charge < -0.3 is 5.32 Å². The minimum Gasteiger partial charge on any atom is -0.370 e. The minimum absolute atomic E-state index is 0.870. The molecule has 0 bridgehead atoms. The molecule has 0 saturated heterocycles. The van der Waals surface area contributed by atoms with Crippen molar-refractivity contribution in [3.8, 4) is 11.3 Å². The molecule has 0 radical (unpaired) electrons. The Morgan fingerprint density at radius 3 is 2.20 bits per heavy atom. The second-order valence-electron chi connectivity index (χ2n) is 5.21. The molecular weight excluding hydrogens is 246 g/mol. The summed E-state index contributed by atoms with van der Waals surface area (Å²) in [5.41, 5.74) is 7.35. The van der Waals surface area contributed by atoms with E-state index in [1.165, 1.54) is 27.8 Å². The van der Waals surface area contributed by atoms with Gasteiger partial charge in [0.1, 0.15) is 12.1 Å². The normalized spacial score (nSPS) is 10.7. The lowest BCUT2D eigenvalue weighted by Gasteiger charge is -2.16. The maximum Gasteiger partial charge on any atom is 0.133 e. The SMILES string of the molecule is CCNc1ncnc(-c2c(C)cc(C)cc2C)c1CC. The summed E-state index contributed by atoms with van der Waals surface area (Å²) in [6.07, 6.45) is 2.58. The van der Waals surface area contributed by atoms with Crippen LogP contribution in [0.2, 0.25) is 0 Å². The van der Waals surface area contributed by atoms with E-state index in [1.807, 2.05) is 0 Å². The maximum atomic E-state index is 4.56. The monoisotopic (exact) mass is 269 g/mol. The molecule has 0 amide bonds. The number of benzene rings is 1. The predicted octanol–water partition coefficient (Wildman–Crippen LogP) is 4.06. The van der Waals surface area contributed by atoms with Gasteiger partial charge in [0.2, 0.25) is 0 Å². The van der Waals surface area contributed by atoms with E-state index in [9.17, 15) is 0 Å². The lowest BCUT2D eigenvalue weighted by Crippen LogP contribution is -2.06. The number of aryl methyl sites for hydroxylation is 3. The first-order valence-corrected chi connectivity index (χ1v) is 7.24. The van der Waals surface area contributed by atoms with Gasteiger partial charge in [0.05, 0.1) is 5.69 Å². The molecule has 0 aliphatic rings. The molecule has 3 heteroatoms. The predicted molar refractivity (Wildman–Crippen MR) is 85.2 cm³/mol. The van der Waals surface area contributed by atoms with Gasteiger partial charge in [0.25, 0.3) is 0 Å². The van der Waals surface area contributed by atoms with E-state index in [0.717, 1.165) is 24.5 Å². The van der Waals surface area contributed by atoms with Crippen LogP contribution in [0.25, 0.3) is 11.3 Å². The molecule has 0 atom stereocenters. The lowest BCUT2D eigenvalue weighted by molar-refractivity contribution is 1.03. The number of nitrogens with zero attached hydrogens (tertiary/aromatic N) is 2. The highest BCUT2D eigenvalue weighted by molar-refractivity contribution is 5.74.